The highest BCUT2D eigenvalue weighted by molar-refractivity contribution is 5.30. The highest BCUT2D eigenvalue weighted by Crippen LogP contribution is 2.38. The van der Waals surface area contributed by atoms with Crippen molar-refractivity contribution >= 4 is 0 Å². The van der Waals surface area contributed by atoms with E-state index in [1.165, 1.54) is 0 Å². The quantitative estimate of drug-likeness (QED) is 0.893. The van der Waals surface area contributed by atoms with Crippen molar-refractivity contribution in [3.05, 3.63) is 41.5 Å². The number of ether oxygens (including phenoxy) is 1. The Labute approximate surface area is 111 Å². The lowest BCUT2D eigenvalue weighted by molar-refractivity contribution is 0.285. The molecule has 1 aliphatic carbocycles. The first-order valence-electron chi connectivity index (χ1n) is 6.53. The number of rotatable bonds is 5. The molecule has 3 rings (SSSR count). The average molecular weight is 259 g/mol. The number of nitrogens with two attached hydrogens (primary N) is 1. The third-order valence-corrected chi connectivity index (χ3v) is 3.16. The second-order valence-corrected chi connectivity index (χ2v) is 4.97. The summed E-state index contributed by atoms with van der Waals surface area (Å²) in [6.07, 6.45) is 2.30. The minimum atomic E-state index is -0.00445. The van der Waals surface area contributed by atoms with Crippen LogP contribution in [0.15, 0.2) is 28.8 Å². The van der Waals surface area contributed by atoms with Gasteiger partial charge in [-0.1, -0.05) is 17.3 Å². The molecule has 1 aromatic carbocycles. The fourth-order valence-corrected chi connectivity index (χ4v) is 1.86. The standard InChI is InChI=1S/C14H17N3O2/c1-9(15)11-3-2-4-12(7-11)18-8-13-16-14(19-17-13)10-5-6-10/h2-4,7,9-10H,5-6,8,15H2,1H3/t9-/m1/s1. The smallest absolute Gasteiger partial charge is 0.229 e. The normalized spacial score (nSPS) is 16.3. The lowest BCUT2D eigenvalue weighted by Crippen LogP contribution is -2.05. The molecular formula is C14H17N3O2. The van der Waals surface area contributed by atoms with E-state index in [1.807, 2.05) is 31.2 Å². The molecule has 19 heavy (non-hydrogen) atoms. The first kappa shape index (κ1) is 12.2. The molecule has 1 atom stereocenters. The minimum Gasteiger partial charge on any atom is -0.485 e. The Morgan fingerprint density at radius 3 is 3.05 bits per heavy atom. The van der Waals surface area contributed by atoms with Gasteiger partial charge in [-0.25, -0.2) is 0 Å². The molecule has 0 saturated heterocycles. The van der Waals surface area contributed by atoms with Gasteiger partial charge < -0.3 is 15.0 Å². The highest BCUT2D eigenvalue weighted by atomic mass is 16.5. The van der Waals surface area contributed by atoms with Crippen molar-refractivity contribution in [2.45, 2.75) is 38.3 Å². The van der Waals surface area contributed by atoms with Crippen molar-refractivity contribution in [1.82, 2.24) is 10.1 Å². The van der Waals surface area contributed by atoms with Crippen LogP contribution >= 0.6 is 0 Å². The summed E-state index contributed by atoms with van der Waals surface area (Å²) in [5, 5.41) is 3.91. The second kappa shape index (κ2) is 5.01. The van der Waals surface area contributed by atoms with Gasteiger partial charge in [-0.15, -0.1) is 0 Å². The predicted octanol–water partition coefficient (Wildman–Crippen LogP) is 2.55. The van der Waals surface area contributed by atoms with Gasteiger partial charge in [0, 0.05) is 12.0 Å². The van der Waals surface area contributed by atoms with E-state index in [1.54, 1.807) is 0 Å². The van der Waals surface area contributed by atoms with Crippen LogP contribution in [0, 0.1) is 0 Å². The summed E-state index contributed by atoms with van der Waals surface area (Å²) in [5.74, 6) is 2.58. The Morgan fingerprint density at radius 2 is 2.32 bits per heavy atom. The summed E-state index contributed by atoms with van der Waals surface area (Å²) < 4.78 is 10.8. The van der Waals surface area contributed by atoms with E-state index >= 15 is 0 Å². The van der Waals surface area contributed by atoms with E-state index < -0.39 is 0 Å². The Kier molecular flexibility index (Phi) is 3.21. The van der Waals surface area contributed by atoms with Crippen LogP contribution in [0.4, 0.5) is 0 Å². The molecular weight excluding hydrogens is 242 g/mol. The maximum Gasteiger partial charge on any atom is 0.229 e. The number of nitrogens with zero attached hydrogens (tertiary/aromatic N) is 2. The van der Waals surface area contributed by atoms with E-state index in [0.717, 1.165) is 30.0 Å². The molecule has 1 heterocycles. The summed E-state index contributed by atoms with van der Waals surface area (Å²) in [7, 11) is 0. The summed E-state index contributed by atoms with van der Waals surface area (Å²) >= 11 is 0. The van der Waals surface area contributed by atoms with Crippen LogP contribution in [0.3, 0.4) is 0 Å². The lowest BCUT2D eigenvalue weighted by atomic mass is 10.1. The first-order valence-corrected chi connectivity index (χ1v) is 6.53. The van der Waals surface area contributed by atoms with E-state index in [-0.39, 0.29) is 6.04 Å². The van der Waals surface area contributed by atoms with E-state index in [2.05, 4.69) is 10.1 Å². The summed E-state index contributed by atoms with van der Waals surface area (Å²) in [6.45, 7) is 2.26. The van der Waals surface area contributed by atoms with Crippen molar-refractivity contribution in [3.8, 4) is 5.75 Å². The van der Waals surface area contributed by atoms with Crippen molar-refractivity contribution in [2.24, 2.45) is 5.73 Å². The maximum absolute atomic E-state index is 5.84. The fourth-order valence-electron chi connectivity index (χ4n) is 1.86. The molecule has 0 radical (unpaired) electrons. The molecule has 5 heteroatoms. The van der Waals surface area contributed by atoms with Gasteiger partial charge in [-0.2, -0.15) is 4.98 Å². The molecule has 0 spiro atoms. The first-order chi connectivity index (χ1) is 9.22. The molecule has 1 aliphatic rings. The van der Waals surface area contributed by atoms with Crippen LogP contribution in [0.1, 0.15) is 49.0 Å². The molecule has 100 valence electrons. The zero-order valence-corrected chi connectivity index (χ0v) is 10.9. The Bertz CT molecular complexity index is 561. The summed E-state index contributed by atoms with van der Waals surface area (Å²) in [5.41, 5.74) is 6.88. The van der Waals surface area contributed by atoms with E-state index in [0.29, 0.717) is 18.3 Å². The number of hydrogen-bond donors (Lipinski definition) is 1. The van der Waals surface area contributed by atoms with Gasteiger partial charge in [0.15, 0.2) is 6.61 Å². The maximum atomic E-state index is 5.84. The van der Waals surface area contributed by atoms with Gasteiger partial charge in [0.05, 0.1) is 0 Å². The molecule has 2 N–H and O–H groups in total. The van der Waals surface area contributed by atoms with Gasteiger partial charge in [-0.3, -0.25) is 0 Å². The average Bonchev–Trinajstić information content (AvgIpc) is 3.16. The summed E-state index contributed by atoms with van der Waals surface area (Å²) in [6, 6.07) is 7.74. The Morgan fingerprint density at radius 1 is 1.47 bits per heavy atom. The van der Waals surface area contributed by atoms with Gasteiger partial charge >= 0.3 is 0 Å². The lowest BCUT2D eigenvalue weighted by Gasteiger charge is -2.08. The van der Waals surface area contributed by atoms with Crippen LogP contribution in [0.2, 0.25) is 0 Å². The van der Waals surface area contributed by atoms with Crippen LogP contribution in [-0.2, 0) is 6.61 Å². The van der Waals surface area contributed by atoms with Crippen molar-refractivity contribution in [3.63, 3.8) is 0 Å². The third kappa shape index (κ3) is 2.93. The fraction of sp³-hybridized carbons (Fsp3) is 0.429. The number of hydrogen-bond acceptors (Lipinski definition) is 5. The van der Waals surface area contributed by atoms with E-state index in [4.69, 9.17) is 15.0 Å². The Hall–Kier alpha value is -1.88. The molecule has 2 aromatic rings. The molecule has 0 aliphatic heterocycles. The number of aromatic nitrogens is 2. The molecule has 1 aromatic heterocycles. The largest absolute Gasteiger partial charge is 0.485 e. The second-order valence-electron chi connectivity index (χ2n) is 4.97. The van der Waals surface area contributed by atoms with Crippen molar-refractivity contribution < 1.29 is 9.26 Å². The molecule has 0 amide bonds. The number of benzene rings is 1. The molecule has 5 nitrogen and oxygen atoms in total. The van der Waals surface area contributed by atoms with Gasteiger partial charge in [0.25, 0.3) is 0 Å². The molecule has 1 fully saturated rings. The van der Waals surface area contributed by atoms with E-state index in [9.17, 15) is 0 Å². The van der Waals surface area contributed by atoms with Crippen LogP contribution in [0.25, 0.3) is 0 Å². The van der Waals surface area contributed by atoms with Gasteiger partial charge in [0.1, 0.15) is 5.75 Å². The zero-order valence-electron chi connectivity index (χ0n) is 10.9. The monoisotopic (exact) mass is 259 g/mol. The molecule has 0 bridgehead atoms. The third-order valence-electron chi connectivity index (χ3n) is 3.16. The Balaban J connectivity index is 1.62. The van der Waals surface area contributed by atoms with Gasteiger partial charge in [0.2, 0.25) is 11.7 Å². The zero-order chi connectivity index (χ0) is 13.2. The van der Waals surface area contributed by atoms with Crippen molar-refractivity contribution in [1.29, 1.82) is 0 Å². The highest BCUT2D eigenvalue weighted by Gasteiger charge is 2.29. The SMILES string of the molecule is C[C@@H](N)c1cccc(OCc2noc(C3CC3)n2)c1. The van der Waals surface area contributed by atoms with Crippen LogP contribution < -0.4 is 10.5 Å². The minimum absolute atomic E-state index is 0.00445. The molecule has 0 unspecified atom stereocenters. The van der Waals surface area contributed by atoms with Crippen LogP contribution in [0.5, 0.6) is 5.75 Å². The summed E-state index contributed by atoms with van der Waals surface area (Å²) in [4.78, 5) is 4.32. The van der Waals surface area contributed by atoms with Crippen LogP contribution in [-0.4, -0.2) is 10.1 Å². The van der Waals surface area contributed by atoms with Crippen molar-refractivity contribution in [2.75, 3.05) is 0 Å². The molecule has 1 saturated carbocycles. The predicted molar refractivity (Wildman–Crippen MR) is 69.6 cm³/mol. The topological polar surface area (TPSA) is 74.2 Å². The van der Waals surface area contributed by atoms with Gasteiger partial charge in [-0.05, 0) is 37.5 Å².